The van der Waals surface area contributed by atoms with E-state index in [0.29, 0.717) is 24.6 Å². The lowest BCUT2D eigenvalue weighted by atomic mass is 9.94. The maximum absolute atomic E-state index is 11.7. The van der Waals surface area contributed by atoms with Crippen molar-refractivity contribution in [1.82, 2.24) is 20.9 Å². The van der Waals surface area contributed by atoms with Crippen LogP contribution in [0.3, 0.4) is 0 Å². The van der Waals surface area contributed by atoms with Crippen LogP contribution in [0.25, 0.3) is 0 Å². The highest BCUT2D eigenvalue weighted by molar-refractivity contribution is 5.76. The molecule has 1 aromatic rings. The summed E-state index contributed by atoms with van der Waals surface area (Å²) >= 11 is 0. The number of aryl methyl sites for hydroxylation is 1. The van der Waals surface area contributed by atoms with E-state index < -0.39 is 0 Å². The first-order valence-corrected chi connectivity index (χ1v) is 6.01. The van der Waals surface area contributed by atoms with Gasteiger partial charge in [0.1, 0.15) is 11.4 Å². The van der Waals surface area contributed by atoms with E-state index in [1.165, 1.54) is 0 Å². The van der Waals surface area contributed by atoms with Crippen LogP contribution in [0.2, 0.25) is 0 Å². The molecule has 1 aliphatic rings. The topological polar surface area (TPSA) is 80.1 Å². The SMILES string of the molecule is Cc1nonc1CNC(=O)CC1CCNCC1. The number of hydrogen-bond donors (Lipinski definition) is 2. The Bertz CT molecular complexity index is 371. The van der Waals surface area contributed by atoms with Gasteiger partial charge in [-0.05, 0) is 38.8 Å². The average Bonchev–Trinajstić information content (AvgIpc) is 2.74. The van der Waals surface area contributed by atoms with Gasteiger partial charge in [0.05, 0.1) is 6.54 Å². The number of aromatic nitrogens is 2. The van der Waals surface area contributed by atoms with Gasteiger partial charge in [0.15, 0.2) is 0 Å². The second kappa shape index (κ2) is 5.77. The molecule has 2 heterocycles. The van der Waals surface area contributed by atoms with Crippen LogP contribution >= 0.6 is 0 Å². The Kier molecular flexibility index (Phi) is 4.08. The highest BCUT2D eigenvalue weighted by Gasteiger charge is 2.17. The predicted molar refractivity (Wildman–Crippen MR) is 61.1 cm³/mol. The number of nitrogens with one attached hydrogen (secondary N) is 2. The van der Waals surface area contributed by atoms with Crippen molar-refractivity contribution in [3.05, 3.63) is 11.4 Å². The molecule has 0 saturated carbocycles. The van der Waals surface area contributed by atoms with Gasteiger partial charge in [0.25, 0.3) is 0 Å². The number of piperidine rings is 1. The number of carbonyl (C=O) groups is 1. The summed E-state index contributed by atoms with van der Waals surface area (Å²) in [6.45, 7) is 4.25. The smallest absolute Gasteiger partial charge is 0.220 e. The molecule has 6 nitrogen and oxygen atoms in total. The first kappa shape index (κ1) is 12.0. The molecule has 1 saturated heterocycles. The van der Waals surface area contributed by atoms with Gasteiger partial charge in [0.2, 0.25) is 5.91 Å². The highest BCUT2D eigenvalue weighted by atomic mass is 16.6. The van der Waals surface area contributed by atoms with Gasteiger partial charge in [-0.2, -0.15) is 0 Å². The lowest BCUT2D eigenvalue weighted by molar-refractivity contribution is -0.122. The first-order valence-electron chi connectivity index (χ1n) is 6.01. The zero-order valence-corrected chi connectivity index (χ0v) is 10.0. The molecule has 0 aliphatic carbocycles. The molecule has 6 heteroatoms. The van der Waals surface area contributed by atoms with Gasteiger partial charge in [-0.25, -0.2) is 4.63 Å². The summed E-state index contributed by atoms with van der Waals surface area (Å²) in [5, 5.41) is 13.5. The molecule has 0 bridgehead atoms. The van der Waals surface area contributed by atoms with E-state index in [2.05, 4.69) is 25.6 Å². The lowest BCUT2D eigenvalue weighted by Gasteiger charge is -2.21. The van der Waals surface area contributed by atoms with E-state index in [-0.39, 0.29) is 5.91 Å². The third-order valence-electron chi connectivity index (χ3n) is 3.13. The van der Waals surface area contributed by atoms with Gasteiger partial charge in [-0.3, -0.25) is 4.79 Å². The molecule has 1 aromatic heterocycles. The molecule has 1 aliphatic heterocycles. The van der Waals surface area contributed by atoms with Crippen LogP contribution in [0.4, 0.5) is 0 Å². The molecule has 1 amide bonds. The molecule has 0 aromatic carbocycles. The number of rotatable bonds is 4. The summed E-state index contributed by atoms with van der Waals surface area (Å²) in [7, 11) is 0. The van der Waals surface area contributed by atoms with Crippen LogP contribution in [0.1, 0.15) is 30.7 Å². The zero-order valence-electron chi connectivity index (χ0n) is 10.0. The Morgan fingerprint density at radius 2 is 2.24 bits per heavy atom. The summed E-state index contributed by atoms with van der Waals surface area (Å²) in [5.74, 6) is 0.590. The van der Waals surface area contributed by atoms with Crippen molar-refractivity contribution in [1.29, 1.82) is 0 Å². The first-order chi connectivity index (χ1) is 8.25. The molecule has 0 unspecified atom stereocenters. The van der Waals surface area contributed by atoms with Crippen LogP contribution in [0, 0.1) is 12.8 Å². The summed E-state index contributed by atoms with van der Waals surface area (Å²) in [4.78, 5) is 11.7. The molecular weight excluding hydrogens is 220 g/mol. The molecule has 17 heavy (non-hydrogen) atoms. The maximum Gasteiger partial charge on any atom is 0.220 e. The molecule has 2 rings (SSSR count). The van der Waals surface area contributed by atoms with Crippen molar-refractivity contribution >= 4 is 5.91 Å². The molecule has 0 spiro atoms. The maximum atomic E-state index is 11.7. The predicted octanol–water partition coefficient (Wildman–Crippen LogP) is 0.384. The molecule has 0 radical (unpaired) electrons. The van der Waals surface area contributed by atoms with Crippen LogP contribution in [0.15, 0.2) is 4.63 Å². The molecule has 2 N–H and O–H groups in total. The standard InChI is InChI=1S/C11H18N4O2/c1-8-10(15-17-14-8)7-13-11(16)6-9-2-4-12-5-3-9/h9,12H,2-7H2,1H3,(H,13,16). The highest BCUT2D eigenvalue weighted by Crippen LogP contribution is 2.15. The second-order valence-electron chi connectivity index (χ2n) is 4.47. The number of nitrogens with zero attached hydrogens (tertiary/aromatic N) is 2. The molecule has 0 atom stereocenters. The van der Waals surface area contributed by atoms with Crippen LogP contribution < -0.4 is 10.6 Å². The van der Waals surface area contributed by atoms with Crippen molar-refractivity contribution in [3.8, 4) is 0 Å². The number of hydrogen-bond acceptors (Lipinski definition) is 5. The second-order valence-corrected chi connectivity index (χ2v) is 4.47. The number of amides is 1. The molecule has 1 fully saturated rings. The van der Waals surface area contributed by atoms with Gasteiger partial charge >= 0.3 is 0 Å². The van der Waals surface area contributed by atoms with E-state index in [1.807, 2.05) is 6.92 Å². The third kappa shape index (κ3) is 3.52. The fourth-order valence-electron chi connectivity index (χ4n) is 2.01. The van der Waals surface area contributed by atoms with E-state index in [0.717, 1.165) is 31.6 Å². The minimum absolute atomic E-state index is 0.0827. The van der Waals surface area contributed by atoms with E-state index in [4.69, 9.17) is 0 Å². The van der Waals surface area contributed by atoms with Crippen molar-refractivity contribution in [3.63, 3.8) is 0 Å². The minimum atomic E-state index is 0.0827. The number of carbonyl (C=O) groups excluding carboxylic acids is 1. The van der Waals surface area contributed by atoms with Gasteiger partial charge in [-0.15, -0.1) is 0 Å². The minimum Gasteiger partial charge on any atom is -0.350 e. The Morgan fingerprint density at radius 1 is 1.47 bits per heavy atom. The monoisotopic (exact) mass is 238 g/mol. The van der Waals surface area contributed by atoms with E-state index in [9.17, 15) is 4.79 Å². The third-order valence-corrected chi connectivity index (χ3v) is 3.13. The quantitative estimate of drug-likeness (QED) is 0.793. The largest absolute Gasteiger partial charge is 0.350 e. The van der Waals surface area contributed by atoms with Crippen molar-refractivity contribution in [2.75, 3.05) is 13.1 Å². The summed E-state index contributed by atoms with van der Waals surface area (Å²) < 4.78 is 4.57. The van der Waals surface area contributed by atoms with Crippen molar-refractivity contribution in [2.24, 2.45) is 5.92 Å². The van der Waals surface area contributed by atoms with Gasteiger partial charge in [0, 0.05) is 6.42 Å². The fourth-order valence-corrected chi connectivity index (χ4v) is 2.01. The van der Waals surface area contributed by atoms with Crippen LogP contribution in [-0.4, -0.2) is 29.3 Å². The summed E-state index contributed by atoms with van der Waals surface area (Å²) in [5.41, 5.74) is 1.43. The summed E-state index contributed by atoms with van der Waals surface area (Å²) in [6, 6.07) is 0. The van der Waals surface area contributed by atoms with Crippen LogP contribution in [-0.2, 0) is 11.3 Å². The zero-order chi connectivity index (χ0) is 12.1. The Balaban J connectivity index is 1.72. The fraction of sp³-hybridized carbons (Fsp3) is 0.727. The Hall–Kier alpha value is -1.43. The van der Waals surface area contributed by atoms with E-state index in [1.54, 1.807) is 0 Å². The van der Waals surface area contributed by atoms with Crippen molar-refractivity contribution in [2.45, 2.75) is 32.7 Å². The Morgan fingerprint density at radius 3 is 2.88 bits per heavy atom. The van der Waals surface area contributed by atoms with Gasteiger partial charge in [-0.1, -0.05) is 10.3 Å². The van der Waals surface area contributed by atoms with Crippen molar-refractivity contribution < 1.29 is 9.42 Å². The van der Waals surface area contributed by atoms with Crippen LogP contribution in [0.5, 0.6) is 0 Å². The van der Waals surface area contributed by atoms with Gasteiger partial charge < -0.3 is 10.6 Å². The van der Waals surface area contributed by atoms with E-state index >= 15 is 0 Å². The normalized spacial score (nSPS) is 17.0. The molecular formula is C11H18N4O2. The molecule has 94 valence electrons. The Labute approximate surface area is 100 Å². The average molecular weight is 238 g/mol. The summed E-state index contributed by atoms with van der Waals surface area (Å²) in [6.07, 6.45) is 2.77. The lowest BCUT2D eigenvalue weighted by Crippen LogP contribution is -2.32.